The predicted octanol–water partition coefficient (Wildman–Crippen LogP) is 4.06. The number of halogens is 1. The molecule has 0 aromatic heterocycles. The minimum Gasteiger partial charge on any atom is -0.376 e. The molecule has 0 fully saturated rings. The molecule has 0 bridgehead atoms. The number of ether oxygens (including phenoxy) is 1. The topological polar surface area (TPSA) is 21.3 Å². The smallest absolute Gasteiger partial charge is 0.0672 e. The van der Waals surface area contributed by atoms with Crippen LogP contribution < -0.4 is 5.32 Å². The largest absolute Gasteiger partial charge is 0.376 e. The SMILES string of the molecule is C=C(C)COCCNC1CCSc2ccc(Cl)cc21. The van der Waals surface area contributed by atoms with Crippen molar-refractivity contribution in [3.8, 4) is 0 Å². The van der Waals surface area contributed by atoms with Crippen LogP contribution in [0.25, 0.3) is 0 Å². The maximum atomic E-state index is 6.09. The fraction of sp³-hybridized carbons (Fsp3) is 0.467. The third kappa shape index (κ3) is 4.53. The highest BCUT2D eigenvalue weighted by molar-refractivity contribution is 7.99. The van der Waals surface area contributed by atoms with Gasteiger partial charge in [-0.05, 0) is 42.9 Å². The summed E-state index contributed by atoms with van der Waals surface area (Å²) in [5.41, 5.74) is 2.38. The van der Waals surface area contributed by atoms with E-state index < -0.39 is 0 Å². The van der Waals surface area contributed by atoms with Crippen LogP contribution in [0.1, 0.15) is 24.9 Å². The van der Waals surface area contributed by atoms with Crippen LogP contribution in [-0.2, 0) is 4.74 Å². The molecular weight excluding hydrogens is 278 g/mol. The first-order chi connectivity index (χ1) is 9.16. The molecule has 0 radical (unpaired) electrons. The standard InChI is InChI=1S/C15H20ClNOS/c1-11(2)10-18-7-6-17-14-5-8-19-15-4-3-12(16)9-13(14)15/h3-4,9,14,17H,1,5-8,10H2,2H3. The molecule has 0 saturated heterocycles. The summed E-state index contributed by atoms with van der Waals surface area (Å²) in [5, 5.41) is 4.36. The van der Waals surface area contributed by atoms with Gasteiger partial charge in [-0.2, -0.15) is 0 Å². The second kappa shape index (κ2) is 7.34. The molecule has 104 valence electrons. The van der Waals surface area contributed by atoms with Gasteiger partial charge in [0, 0.05) is 22.5 Å². The van der Waals surface area contributed by atoms with Crippen LogP contribution in [0.3, 0.4) is 0 Å². The van der Waals surface area contributed by atoms with Crippen molar-refractivity contribution in [2.75, 3.05) is 25.5 Å². The maximum absolute atomic E-state index is 6.09. The Bertz CT molecular complexity index is 450. The summed E-state index contributed by atoms with van der Waals surface area (Å²) in [4.78, 5) is 1.34. The Hall–Kier alpha value is -0.480. The number of benzene rings is 1. The lowest BCUT2D eigenvalue weighted by atomic mass is 10.0. The van der Waals surface area contributed by atoms with E-state index in [9.17, 15) is 0 Å². The number of nitrogens with one attached hydrogen (secondary N) is 1. The van der Waals surface area contributed by atoms with Crippen molar-refractivity contribution >= 4 is 23.4 Å². The highest BCUT2D eigenvalue weighted by atomic mass is 35.5. The molecule has 1 unspecified atom stereocenters. The second-order valence-electron chi connectivity index (χ2n) is 4.84. The molecule has 1 atom stereocenters. The number of fused-ring (bicyclic) bond motifs is 1. The van der Waals surface area contributed by atoms with Gasteiger partial charge < -0.3 is 10.1 Å². The summed E-state index contributed by atoms with van der Waals surface area (Å²) in [6.45, 7) is 8.01. The Balaban J connectivity index is 1.85. The van der Waals surface area contributed by atoms with Gasteiger partial charge in [-0.15, -0.1) is 11.8 Å². The first-order valence-electron chi connectivity index (χ1n) is 6.54. The molecule has 1 heterocycles. The zero-order chi connectivity index (χ0) is 13.7. The second-order valence-corrected chi connectivity index (χ2v) is 6.41. The Labute approximate surface area is 124 Å². The highest BCUT2D eigenvalue weighted by Gasteiger charge is 2.20. The van der Waals surface area contributed by atoms with Crippen LogP contribution in [0.15, 0.2) is 35.2 Å². The summed E-state index contributed by atoms with van der Waals surface area (Å²) < 4.78 is 5.50. The van der Waals surface area contributed by atoms with E-state index >= 15 is 0 Å². The van der Waals surface area contributed by atoms with Crippen molar-refractivity contribution in [3.05, 3.63) is 40.9 Å². The summed E-state index contributed by atoms with van der Waals surface area (Å²) in [6.07, 6.45) is 1.14. The Morgan fingerprint density at radius 3 is 3.21 bits per heavy atom. The molecule has 2 rings (SSSR count). The van der Waals surface area contributed by atoms with Gasteiger partial charge in [0.25, 0.3) is 0 Å². The lowest BCUT2D eigenvalue weighted by Gasteiger charge is -2.26. The molecule has 4 heteroatoms. The molecule has 2 nitrogen and oxygen atoms in total. The van der Waals surface area contributed by atoms with Gasteiger partial charge in [0.05, 0.1) is 13.2 Å². The minimum absolute atomic E-state index is 0.392. The summed E-state index contributed by atoms with van der Waals surface area (Å²) in [5.74, 6) is 1.15. The van der Waals surface area contributed by atoms with E-state index in [0.717, 1.165) is 29.3 Å². The third-order valence-corrected chi connectivity index (χ3v) is 4.35. The Morgan fingerprint density at radius 1 is 1.58 bits per heavy atom. The molecule has 1 N–H and O–H groups in total. The van der Waals surface area contributed by atoms with Crippen LogP contribution in [0.4, 0.5) is 0 Å². The van der Waals surface area contributed by atoms with E-state index in [-0.39, 0.29) is 0 Å². The van der Waals surface area contributed by atoms with Crippen molar-refractivity contribution in [2.45, 2.75) is 24.3 Å². The fourth-order valence-corrected chi connectivity index (χ4v) is 3.42. The van der Waals surface area contributed by atoms with E-state index in [2.05, 4.69) is 24.0 Å². The maximum Gasteiger partial charge on any atom is 0.0672 e. The first kappa shape index (κ1) is 14.9. The predicted molar refractivity (Wildman–Crippen MR) is 83.2 cm³/mol. The third-order valence-electron chi connectivity index (χ3n) is 3.00. The Kier molecular flexibility index (Phi) is 5.76. The molecule has 1 aromatic carbocycles. The molecule has 1 aliphatic heterocycles. The highest BCUT2D eigenvalue weighted by Crippen LogP contribution is 2.37. The Morgan fingerprint density at radius 2 is 2.42 bits per heavy atom. The van der Waals surface area contributed by atoms with Crippen LogP contribution in [0, 0.1) is 0 Å². The average molecular weight is 298 g/mol. The van der Waals surface area contributed by atoms with Gasteiger partial charge >= 0.3 is 0 Å². The van der Waals surface area contributed by atoms with Crippen molar-refractivity contribution in [3.63, 3.8) is 0 Å². The number of rotatable bonds is 6. The van der Waals surface area contributed by atoms with Crippen molar-refractivity contribution in [1.29, 1.82) is 0 Å². The zero-order valence-corrected chi connectivity index (χ0v) is 12.8. The van der Waals surface area contributed by atoms with Crippen molar-refractivity contribution in [1.82, 2.24) is 5.32 Å². The van der Waals surface area contributed by atoms with Gasteiger partial charge in [0.15, 0.2) is 0 Å². The summed E-state index contributed by atoms with van der Waals surface area (Å²) in [7, 11) is 0. The van der Waals surface area contributed by atoms with Crippen LogP contribution >= 0.6 is 23.4 Å². The summed E-state index contributed by atoms with van der Waals surface area (Å²) >= 11 is 8.00. The monoisotopic (exact) mass is 297 g/mol. The van der Waals surface area contributed by atoms with Gasteiger partial charge in [0.2, 0.25) is 0 Å². The van der Waals surface area contributed by atoms with E-state index in [1.807, 2.05) is 24.8 Å². The van der Waals surface area contributed by atoms with E-state index in [1.165, 1.54) is 10.5 Å². The van der Waals surface area contributed by atoms with E-state index in [4.69, 9.17) is 16.3 Å². The molecule has 1 aromatic rings. The van der Waals surface area contributed by atoms with Crippen LogP contribution in [0.5, 0.6) is 0 Å². The van der Waals surface area contributed by atoms with Gasteiger partial charge in [-0.3, -0.25) is 0 Å². The lowest BCUT2D eigenvalue weighted by molar-refractivity contribution is 0.155. The molecule has 0 amide bonds. The molecule has 0 saturated carbocycles. The normalized spacial score (nSPS) is 18.1. The van der Waals surface area contributed by atoms with E-state index in [1.54, 1.807) is 0 Å². The molecular formula is C15H20ClNOS. The number of hydrogen-bond donors (Lipinski definition) is 1. The lowest BCUT2D eigenvalue weighted by Crippen LogP contribution is -2.28. The van der Waals surface area contributed by atoms with Crippen LogP contribution in [-0.4, -0.2) is 25.5 Å². The average Bonchev–Trinajstić information content (AvgIpc) is 2.38. The molecule has 0 aliphatic carbocycles. The minimum atomic E-state index is 0.392. The van der Waals surface area contributed by atoms with Crippen molar-refractivity contribution < 1.29 is 4.74 Å². The molecule has 19 heavy (non-hydrogen) atoms. The first-order valence-corrected chi connectivity index (χ1v) is 7.91. The molecule has 1 aliphatic rings. The number of thioether (sulfide) groups is 1. The summed E-state index contributed by atoms with van der Waals surface area (Å²) in [6, 6.07) is 6.55. The van der Waals surface area contributed by atoms with Gasteiger partial charge in [0.1, 0.15) is 0 Å². The van der Waals surface area contributed by atoms with Gasteiger partial charge in [-0.25, -0.2) is 0 Å². The van der Waals surface area contributed by atoms with Crippen molar-refractivity contribution in [2.24, 2.45) is 0 Å². The zero-order valence-electron chi connectivity index (χ0n) is 11.2. The van der Waals surface area contributed by atoms with E-state index in [0.29, 0.717) is 19.3 Å². The number of hydrogen-bond acceptors (Lipinski definition) is 3. The quantitative estimate of drug-likeness (QED) is 0.632. The molecule has 0 spiro atoms. The fourth-order valence-electron chi connectivity index (χ4n) is 2.13. The van der Waals surface area contributed by atoms with Crippen LogP contribution in [0.2, 0.25) is 5.02 Å². The van der Waals surface area contributed by atoms with Gasteiger partial charge in [-0.1, -0.05) is 23.8 Å².